The largest absolute Gasteiger partial charge is 0.366 e. The summed E-state index contributed by atoms with van der Waals surface area (Å²) in [4.78, 5) is 11.0. The smallest absolute Gasteiger partial charge is 0.248 e. The Bertz CT molecular complexity index is 654. The molecule has 0 aromatic heterocycles. The average Bonchev–Trinajstić information content (AvgIpc) is 2.41. The van der Waals surface area contributed by atoms with E-state index in [4.69, 9.17) is 11.0 Å². The lowest BCUT2D eigenvalue weighted by molar-refractivity contribution is 0.100. The summed E-state index contributed by atoms with van der Waals surface area (Å²) >= 11 is 0. The molecule has 0 bridgehead atoms. The molecule has 0 saturated carbocycles. The van der Waals surface area contributed by atoms with Gasteiger partial charge in [-0.1, -0.05) is 0 Å². The van der Waals surface area contributed by atoms with Crippen LogP contribution in [0.3, 0.4) is 0 Å². The molecule has 2 aromatic rings. The molecule has 0 saturated heterocycles. The van der Waals surface area contributed by atoms with Crippen molar-refractivity contribution >= 4 is 17.3 Å². The molecule has 0 aliphatic carbocycles. The molecule has 0 radical (unpaired) electrons. The summed E-state index contributed by atoms with van der Waals surface area (Å²) in [5.41, 5.74) is 9.05. The van der Waals surface area contributed by atoms with Crippen LogP contribution in [0.25, 0.3) is 0 Å². The summed E-state index contributed by atoms with van der Waals surface area (Å²) in [6, 6.07) is 14.5. The summed E-state index contributed by atoms with van der Waals surface area (Å²) in [5, 5.41) is 12.0. The molecule has 0 spiro atoms. The Morgan fingerprint density at radius 1 is 1.21 bits per heavy atom. The van der Waals surface area contributed by atoms with Crippen LogP contribution in [0.1, 0.15) is 21.5 Å². The van der Waals surface area contributed by atoms with E-state index in [-0.39, 0.29) is 0 Å². The lowest BCUT2D eigenvalue weighted by Gasteiger charge is -2.10. The first kappa shape index (κ1) is 12.7. The van der Waals surface area contributed by atoms with Crippen molar-refractivity contribution in [1.29, 1.82) is 5.26 Å². The highest BCUT2D eigenvalue weighted by Gasteiger charge is 2.02. The van der Waals surface area contributed by atoms with Crippen LogP contribution in [0, 0.1) is 18.3 Å². The third-order valence-electron chi connectivity index (χ3n) is 2.80. The molecular weight excluding hydrogens is 238 g/mol. The number of carbonyl (C=O) groups excluding carboxylic acids is 1. The van der Waals surface area contributed by atoms with E-state index in [1.807, 2.05) is 19.1 Å². The van der Waals surface area contributed by atoms with Crippen LogP contribution >= 0.6 is 0 Å². The van der Waals surface area contributed by atoms with Gasteiger partial charge in [0.15, 0.2) is 0 Å². The number of benzene rings is 2. The highest BCUT2D eigenvalue weighted by molar-refractivity contribution is 5.93. The van der Waals surface area contributed by atoms with Crippen molar-refractivity contribution < 1.29 is 4.79 Å². The van der Waals surface area contributed by atoms with Crippen LogP contribution in [0.15, 0.2) is 42.5 Å². The van der Waals surface area contributed by atoms with Gasteiger partial charge in [0.2, 0.25) is 5.91 Å². The quantitative estimate of drug-likeness (QED) is 0.880. The zero-order valence-corrected chi connectivity index (χ0v) is 10.5. The molecule has 3 N–H and O–H groups in total. The number of amides is 1. The minimum atomic E-state index is -0.443. The summed E-state index contributed by atoms with van der Waals surface area (Å²) in [6.07, 6.45) is 0. The maximum absolute atomic E-state index is 11.0. The molecule has 0 aliphatic rings. The third-order valence-corrected chi connectivity index (χ3v) is 2.80. The Balaban J connectivity index is 2.22. The molecule has 19 heavy (non-hydrogen) atoms. The number of nitrogens with one attached hydrogen (secondary N) is 1. The van der Waals surface area contributed by atoms with Gasteiger partial charge in [0, 0.05) is 16.9 Å². The maximum atomic E-state index is 11.0. The van der Waals surface area contributed by atoms with Gasteiger partial charge >= 0.3 is 0 Å². The van der Waals surface area contributed by atoms with E-state index in [9.17, 15) is 4.79 Å². The minimum Gasteiger partial charge on any atom is -0.366 e. The van der Waals surface area contributed by atoms with E-state index >= 15 is 0 Å². The number of nitrogens with two attached hydrogens (primary N) is 1. The van der Waals surface area contributed by atoms with E-state index in [0.717, 1.165) is 16.9 Å². The van der Waals surface area contributed by atoms with Crippen LogP contribution < -0.4 is 11.1 Å². The van der Waals surface area contributed by atoms with Gasteiger partial charge in [-0.25, -0.2) is 0 Å². The molecular formula is C15H13N3O. The van der Waals surface area contributed by atoms with Gasteiger partial charge in [-0.2, -0.15) is 5.26 Å². The Morgan fingerprint density at radius 2 is 1.89 bits per heavy atom. The standard InChI is InChI=1S/C15H13N3O/c1-10-8-11(9-16)2-7-14(10)18-13-5-3-12(4-6-13)15(17)19/h2-8,18H,1H3,(H2,17,19). The number of anilines is 2. The zero-order valence-electron chi connectivity index (χ0n) is 10.5. The molecule has 1 amide bonds. The highest BCUT2D eigenvalue weighted by Crippen LogP contribution is 2.21. The zero-order chi connectivity index (χ0) is 13.8. The molecule has 2 rings (SSSR count). The van der Waals surface area contributed by atoms with Crippen molar-refractivity contribution in [3.05, 3.63) is 59.2 Å². The third kappa shape index (κ3) is 2.90. The molecule has 2 aromatic carbocycles. The van der Waals surface area contributed by atoms with Crippen LogP contribution in [-0.4, -0.2) is 5.91 Å². The van der Waals surface area contributed by atoms with Crippen LogP contribution in [0.4, 0.5) is 11.4 Å². The molecule has 4 nitrogen and oxygen atoms in total. The summed E-state index contributed by atoms with van der Waals surface area (Å²) < 4.78 is 0. The molecule has 0 atom stereocenters. The van der Waals surface area contributed by atoms with E-state index in [1.165, 1.54) is 0 Å². The minimum absolute atomic E-state index is 0.443. The maximum Gasteiger partial charge on any atom is 0.248 e. The number of hydrogen-bond acceptors (Lipinski definition) is 3. The van der Waals surface area contributed by atoms with E-state index in [0.29, 0.717) is 11.1 Å². The monoisotopic (exact) mass is 251 g/mol. The van der Waals surface area contributed by atoms with Crippen molar-refractivity contribution in [3.8, 4) is 6.07 Å². The number of rotatable bonds is 3. The SMILES string of the molecule is Cc1cc(C#N)ccc1Nc1ccc(C(N)=O)cc1. The second-order valence-electron chi connectivity index (χ2n) is 4.21. The molecule has 94 valence electrons. The highest BCUT2D eigenvalue weighted by atomic mass is 16.1. The number of nitrogens with zero attached hydrogens (tertiary/aromatic N) is 1. The first-order chi connectivity index (χ1) is 9.10. The molecule has 0 fully saturated rings. The van der Waals surface area contributed by atoms with Gasteiger partial charge in [-0.05, 0) is 55.0 Å². The van der Waals surface area contributed by atoms with Gasteiger partial charge in [-0.3, -0.25) is 4.79 Å². The Labute approximate surface area is 111 Å². The fourth-order valence-electron chi connectivity index (χ4n) is 1.75. The summed E-state index contributed by atoms with van der Waals surface area (Å²) in [5.74, 6) is -0.443. The number of aryl methyl sites for hydroxylation is 1. The number of nitriles is 1. The molecule has 0 aliphatic heterocycles. The topological polar surface area (TPSA) is 78.9 Å². The van der Waals surface area contributed by atoms with Gasteiger partial charge in [0.25, 0.3) is 0 Å². The molecule has 0 heterocycles. The van der Waals surface area contributed by atoms with Gasteiger partial charge in [0.1, 0.15) is 0 Å². The van der Waals surface area contributed by atoms with Gasteiger partial charge in [-0.15, -0.1) is 0 Å². The van der Waals surface area contributed by atoms with Crippen LogP contribution in [0.5, 0.6) is 0 Å². The van der Waals surface area contributed by atoms with Crippen molar-refractivity contribution in [2.24, 2.45) is 5.73 Å². The fourth-order valence-corrected chi connectivity index (χ4v) is 1.75. The van der Waals surface area contributed by atoms with E-state index in [2.05, 4.69) is 11.4 Å². The van der Waals surface area contributed by atoms with E-state index in [1.54, 1.807) is 30.3 Å². The number of carbonyl (C=O) groups is 1. The van der Waals surface area contributed by atoms with Crippen LogP contribution in [0.2, 0.25) is 0 Å². The van der Waals surface area contributed by atoms with Crippen molar-refractivity contribution in [1.82, 2.24) is 0 Å². The Hall–Kier alpha value is -2.80. The second kappa shape index (κ2) is 5.23. The average molecular weight is 251 g/mol. The lowest BCUT2D eigenvalue weighted by Crippen LogP contribution is -2.10. The Morgan fingerprint density at radius 3 is 2.42 bits per heavy atom. The predicted molar refractivity (Wildman–Crippen MR) is 74.1 cm³/mol. The molecule has 4 heteroatoms. The van der Waals surface area contributed by atoms with Crippen molar-refractivity contribution in [2.75, 3.05) is 5.32 Å². The predicted octanol–water partition coefficient (Wildman–Crippen LogP) is 2.71. The Kier molecular flexibility index (Phi) is 3.48. The van der Waals surface area contributed by atoms with E-state index < -0.39 is 5.91 Å². The first-order valence-corrected chi connectivity index (χ1v) is 5.78. The first-order valence-electron chi connectivity index (χ1n) is 5.78. The van der Waals surface area contributed by atoms with Gasteiger partial charge < -0.3 is 11.1 Å². The number of primary amides is 1. The summed E-state index contributed by atoms with van der Waals surface area (Å²) in [6.45, 7) is 1.93. The second-order valence-corrected chi connectivity index (χ2v) is 4.21. The summed E-state index contributed by atoms with van der Waals surface area (Å²) in [7, 11) is 0. The van der Waals surface area contributed by atoms with Crippen LogP contribution in [-0.2, 0) is 0 Å². The number of hydrogen-bond donors (Lipinski definition) is 2. The molecule has 0 unspecified atom stereocenters. The van der Waals surface area contributed by atoms with Crippen molar-refractivity contribution in [2.45, 2.75) is 6.92 Å². The van der Waals surface area contributed by atoms with Gasteiger partial charge in [0.05, 0.1) is 11.6 Å². The lowest BCUT2D eigenvalue weighted by atomic mass is 10.1. The van der Waals surface area contributed by atoms with Crippen molar-refractivity contribution in [3.63, 3.8) is 0 Å². The normalized spacial score (nSPS) is 9.68. The fraction of sp³-hybridized carbons (Fsp3) is 0.0667.